The molecule has 3 fully saturated rings. The van der Waals surface area contributed by atoms with Crippen LogP contribution >= 0.6 is 0 Å². The van der Waals surface area contributed by atoms with Crippen molar-refractivity contribution >= 4 is 6.09 Å². The van der Waals surface area contributed by atoms with Gasteiger partial charge in [0.25, 0.3) is 0 Å². The fourth-order valence-electron chi connectivity index (χ4n) is 4.93. The summed E-state index contributed by atoms with van der Waals surface area (Å²) in [5.74, 6) is 0.830. The van der Waals surface area contributed by atoms with Crippen molar-refractivity contribution < 1.29 is 32.2 Å². The molecule has 6 nitrogen and oxygen atoms in total. The predicted octanol–water partition coefficient (Wildman–Crippen LogP) is 4.90. The van der Waals surface area contributed by atoms with E-state index in [2.05, 4.69) is 15.0 Å². The van der Waals surface area contributed by atoms with Gasteiger partial charge in [-0.05, 0) is 67.2 Å². The van der Waals surface area contributed by atoms with Crippen molar-refractivity contribution in [2.45, 2.75) is 37.8 Å². The van der Waals surface area contributed by atoms with Gasteiger partial charge in [-0.1, -0.05) is 18.2 Å². The van der Waals surface area contributed by atoms with Gasteiger partial charge in [-0.2, -0.15) is 0 Å². The maximum Gasteiger partial charge on any atom is 0.573 e. The van der Waals surface area contributed by atoms with Crippen molar-refractivity contribution in [2.75, 3.05) is 26.2 Å². The smallest absolute Gasteiger partial charge is 0.493 e. The van der Waals surface area contributed by atoms with Crippen molar-refractivity contribution in [3.8, 4) is 22.6 Å². The predicted molar refractivity (Wildman–Crippen MR) is 114 cm³/mol. The molecular formula is C24H25F3N2O4. The van der Waals surface area contributed by atoms with E-state index in [4.69, 9.17) is 9.47 Å². The summed E-state index contributed by atoms with van der Waals surface area (Å²) in [6.45, 7) is 3.42. The summed E-state index contributed by atoms with van der Waals surface area (Å²) in [7, 11) is 0. The topological polar surface area (TPSA) is 60.0 Å². The van der Waals surface area contributed by atoms with Gasteiger partial charge >= 0.3 is 12.5 Å². The first kappa shape index (κ1) is 21.9. The van der Waals surface area contributed by atoms with Crippen molar-refractivity contribution in [2.24, 2.45) is 5.92 Å². The van der Waals surface area contributed by atoms with Gasteiger partial charge in [0.1, 0.15) is 17.6 Å². The summed E-state index contributed by atoms with van der Waals surface area (Å²) in [6, 6.07) is 11.0. The monoisotopic (exact) mass is 462 g/mol. The van der Waals surface area contributed by atoms with Crippen LogP contribution in [-0.4, -0.2) is 49.7 Å². The van der Waals surface area contributed by atoms with E-state index in [9.17, 15) is 18.0 Å². The van der Waals surface area contributed by atoms with Crippen LogP contribution in [0.5, 0.6) is 11.5 Å². The van der Waals surface area contributed by atoms with Crippen LogP contribution in [-0.2, 0) is 4.74 Å². The number of ether oxygens (including phenoxy) is 3. The van der Waals surface area contributed by atoms with Crippen molar-refractivity contribution in [1.29, 1.82) is 0 Å². The molecule has 176 valence electrons. The van der Waals surface area contributed by atoms with E-state index in [1.807, 2.05) is 18.2 Å². The van der Waals surface area contributed by atoms with E-state index >= 15 is 0 Å². The Balaban J connectivity index is 1.28. The third kappa shape index (κ3) is 5.03. The first-order chi connectivity index (χ1) is 15.8. The van der Waals surface area contributed by atoms with Crippen LogP contribution in [0.4, 0.5) is 18.0 Å². The average molecular weight is 462 g/mol. The Kier molecular flexibility index (Phi) is 5.82. The van der Waals surface area contributed by atoms with Crippen LogP contribution in [0.3, 0.4) is 0 Å². The van der Waals surface area contributed by atoms with Crippen molar-refractivity contribution in [3.05, 3.63) is 48.0 Å². The largest absolute Gasteiger partial charge is 0.573 e. The molecule has 0 aromatic heterocycles. The Morgan fingerprint density at radius 2 is 1.76 bits per heavy atom. The minimum atomic E-state index is -4.73. The number of amides is 1. The Hall–Kier alpha value is -2.94. The van der Waals surface area contributed by atoms with Crippen LogP contribution in [0.15, 0.2) is 42.5 Å². The van der Waals surface area contributed by atoms with Gasteiger partial charge in [0.2, 0.25) is 0 Å². The summed E-state index contributed by atoms with van der Waals surface area (Å²) in [6.07, 6.45) is -2.50. The Labute approximate surface area is 189 Å². The lowest BCUT2D eigenvalue weighted by atomic mass is 9.86. The molecule has 4 heterocycles. The second kappa shape index (κ2) is 8.78. The zero-order valence-electron chi connectivity index (χ0n) is 17.9. The number of hydrogen-bond acceptors (Lipinski definition) is 5. The molecule has 2 bridgehead atoms. The molecule has 1 unspecified atom stereocenters. The number of alkyl halides is 3. The van der Waals surface area contributed by atoms with E-state index in [1.165, 1.54) is 12.1 Å². The Morgan fingerprint density at radius 1 is 1.03 bits per heavy atom. The molecule has 6 rings (SSSR count). The minimum Gasteiger partial charge on any atom is -0.493 e. The molecule has 1 N–H and O–H groups in total. The molecule has 9 heteroatoms. The lowest BCUT2D eigenvalue weighted by Gasteiger charge is -2.44. The first-order valence-corrected chi connectivity index (χ1v) is 11.2. The normalized spacial score (nSPS) is 26.2. The number of fused-ring (bicyclic) bond motifs is 4. The highest BCUT2D eigenvalue weighted by molar-refractivity contribution is 5.70. The quantitative estimate of drug-likeness (QED) is 0.701. The summed E-state index contributed by atoms with van der Waals surface area (Å²) < 4.78 is 52.7. The van der Waals surface area contributed by atoms with Gasteiger partial charge in [-0.3, -0.25) is 4.90 Å². The highest BCUT2D eigenvalue weighted by atomic mass is 19.4. The number of hydrogen-bond donors (Lipinski definition) is 1. The van der Waals surface area contributed by atoms with Gasteiger partial charge in [0.05, 0.1) is 12.6 Å². The fourth-order valence-corrected chi connectivity index (χ4v) is 4.93. The minimum absolute atomic E-state index is 0.0735. The number of nitrogens with one attached hydrogen (secondary N) is 1. The SMILES string of the molecule is O=C(NC1CCOc2ccc(-c3ccc(OC(F)(F)F)cc3)cc21)O[C@H]1CN2CCC1CC2. The Bertz CT molecular complexity index is 1000. The molecule has 4 aliphatic heterocycles. The van der Waals surface area contributed by atoms with Crippen LogP contribution in [0.2, 0.25) is 0 Å². The second-order valence-corrected chi connectivity index (χ2v) is 8.74. The van der Waals surface area contributed by atoms with Gasteiger partial charge in [-0.15, -0.1) is 13.2 Å². The highest BCUT2D eigenvalue weighted by Gasteiger charge is 2.37. The number of rotatable bonds is 4. The van der Waals surface area contributed by atoms with Gasteiger partial charge in [-0.25, -0.2) is 4.79 Å². The third-order valence-electron chi connectivity index (χ3n) is 6.62. The molecule has 2 aromatic carbocycles. The molecule has 2 atom stereocenters. The zero-order valence-corrected chi connectivity index (χ0v) is 17.9. The molecule has 33 heavy (non-hydrogen) atoms. The zero-order chi connectivity index (χ0) is 23.0. The summed E-state index contributed by atoms with van der Waals surface area (Å²) >= 11 is 0. The standard InChI is InChI=1S/C24H25F3N2O4/c25-24(26,27)33-18-4-1-15(2-5-18)17-3-6-21-19(13-17)20(9-12-31-21)28-23(30)32-22-14-29-10-7-16(22)8-11-29/h1-6,13,16,20,22H,7-12,14H2,(H,28,30)/t20?,22-/m0/s1. The number of piperidine rings is 3. The van der Waals surface area contributed by atoms with Gasteiger partial charge in [0, 0.05) is 18.5 Å². The molecule has 4 aliphatic rings. The van der Waals surface area contributed by atoms with E-state index in [0.29, 0.717) is 24.7 Å². The molecule has 3 saturated heterocycles. The first-order valence-electron chi connectivity index (χ1n) is 11.2. The number of carbonyl (C=O) groups excluding carboxylic acids is 1. The number of alkyl carbamates (subject to hydrolysis) is 1. The van der Waals surface area contributed by atoms with E-state index in [1.54, 1.807) is 12.1 Å². The fraction of sp³-hybridized carbons (Fsp3) is 0.458. The highest BCUT2D eigenvalue weighted by Crippen LogP contribution is 2.36. The summed E-state index contributed by atoms with van der Waals surface area (Å²) in [5.41, 5.74) is 2.35. The molecule has 2 aromatic rings. The number of halogens is 3. The summed E-state index contributed by atoms with van der Waals surface area (Å²) in [4.78, 5) is 15.0. The van der Waals surface area contributed by atoms with Gasteiger partial charge in [0.15, 0.2) is 0 Å². The second-order valence-electron chi connectivity index (χ2n) is 8.74. The third-order valence-corrected chi connectivity index (χ3v) is 6.62. The molecule has 0 saturated carbocycles. The lowest BCUT2D eigenvalue weighted by molar-refractivity contribution is -0.274. The van der Waals surface area contributed by atoms with Crippen LogP contribution in [0, 0.1) is 5.92 Å². The van der Waals surface area contributed by atoms with E-state index < -0.39 is 12.5 Å². The Morgan fingerprint density at radius 3 is 2.42 bits per heavy atom. The lowest BCUT2D eigenvalue weighted by Crippen LogP contribution is -2.52. The van der Waals surface area contributed by atoms with E-state index in [0.717, 1.165) is 49.2 Å². The van der Waals surface area contributed by atoms with Crippen molar-refractivity contribution in [1.82, 2.24) is 10.2 Å². The van der Waals surface area contributed by atoms with Crippen LogP contribution < -0.4 is 14.8 Å². The average Bonchev–Trinajstić information content (AvgIpc) is 2.79. The number of nitrogens with zero attached hydrogens (tertiary/aromatic N) is 1. The van der Waals surface area contributed by atoms with Gasteiger partial charge < -0.3 is 19.5 Å². The molecule has 0 spiro atoms. The molecular weight excluding hydrogens is 437 g/mol. The maximum absolute atomic E-state index is 12.7. The maximum atomic E-state index is 12.7. The molecule has 0 aliphatic carbocycles. The van der Waals surface area contributed by atoms with Crippen molar-refractivity contribution in [3.63, 3.8) is 0 Å². The molecule has 1 amide bonds. The van der Waals surface area contributed by atoms with E-state index in [-0.39, 0.29) is 17.9 Å². The van der Waals surface area contributed by atoms with Crippen LogP contribution in [0.25, 0.3) is 11.1 Å². The number of carbonyl (C=O) groups is 1. The molecule has 0 radical (unpaired) electrons. The van der Waals surface area contributed by atoms with Crippen LogP contribution in [0.1, 0.15) is 30.9 Å². The number of benzene rings is 2. The summed E-state index contributed by atoms with van der Waals surface area (Å²) in [5, 5.41) is 2.99.